The van der Waals surface area contributed by atoms with E-state index >= 15 is 0 Å². The number of rotatable bonds is 2. The van der Waals surface area contributed by atoms with Crippen molar-refractivity contribution in [3.8, 4) is 0 Å². The number of carbonyl (C=O) groups excluding carboxylic acids is 1. The lowest BCUT2D eigenvalue weighted by molar-refractivity contribution is -0.119. The Morgan fingerprint density at radius 3 is 3.09 bits per heavy atom. The van der Waals surface area contributed by atoms with E-state index in [1.165, 1.54) is 0 Å². The molecule has 11 heavy (non-hydrogen) atoms. The molecule has 0 bridgehead atoms. The zero-order valence-electron chi connectivity index (χ0n) is 6.29. The van der Waals surface area contributed by atoms with Crippen molar-refractivity contribution in [1.29, 1.82) is 0 Å². The van der Waals surface area contributed by atoms with E-state index < -0.39 is 6.23 Å². The minimum Gasteiger partial charge on any atom is -0.377 e. The predicted molar refractivity (Wildman–Crippen MR) is 39.6 cm³/mol. The van der Waals surface area contributed by atoms with E-state index in [0.29, 0.717) is 13.1 Å². The standard InChI is InChI=1S/C6H13N3O2/c7-5(10)3-9-2-1-8-6(11)4-9/h6,8,11H,1-4H2,(H2,7,10). The van der Waals surface area contributed by atoms with Crippen molar-refractivity contribution in [3.05, 3.63) is 0 Å². The number of hydrogen-bond donors (Lipinski definition) is 3. The molecule has 1 rings (SSSR count). The first-order valence-electron chi connectivity index (χ1n) is 3.60. The van der Waals surface area contributed by atoms with Gasteiger partial charge in [-0.25, -0.2) is 0 Å². The summed E-state index contributed by atoms with van der Waals surface area (Å²) in [6, 6.07) is 0. The van der Waals surface area contributed by atoms with Crippen molar-refractivity contribution in [2.45, 2.75) is 6.23 Å². The van der Waals surface area contributed by atoms with Gasteiger partial charge in [0.15, 0.2) is 0 Å². The Labute approximate surface area is 65.2 Å². The van der Waals surface area contributed by atoms with Gasteiger partial charge in [0, 0.05) is 19.6 Å². The Kier molecular flexibility index (Phi) is 2.81. The minimum absolute atomic E-state index is 0.235. The van der Waals surface area contributed by atoms with Crippen molar-refractivity contribution in [3.63, 3.8) is 0 Å². The van der Waals surface area contributed by atoms with E-state index in [9.17, 15) is 4.79 Å². The summed E-state index contributed by atoms with van der Waals surface area (Å²) in [6.07, 6.45) is -0.525. The fourth-order valence-corrected chi connectivity index (χ4v) is 1.15. The van der Waals surface area contributed by atoms with Crippen molar-refractivity contribution in [2.24, 2.45) is 5.73 Å². The van der Waals surface area contributed by atoms with E-state index in [1.807, 2.05) is 4.90 Å². The molecule has 5 nitrogen and oxygen atoms in total. The number of hydrogen-bond acceptors (Lipinski definition) is 4. The average Bonchev–Trinajstić information content (AvgIpc) is 1.85. The molecule has 64 valence electrons. The van der Waals surface area contributed by atoms with E-state index in [1.54, 1.807) is 0 Å². The van der Waals surface area contributed by atoms with Crippen LogP contribution >= 0.6 is 0 Å². The summed E-state index contributed by atoms with van der Waals surface area (Å²) in [5.41, 5.74) is 4.99. The van der Waals surface area contributed by atoms with Gasteiger partial charge in [-0.3, -0.25) is 15.0 Å². The normalized spacial score (nSPS) is 26.8. The van der Waals surface area contributed by atoms with Crippen LogP contribution in [0, 0.1) is 0 Å². The van der Waals surface area contributed by atoms with Crippen LogP contribution in [0.5, 0.6) is 0 Å². The Hall–Kier alpha value is -0.650. The molecule has 1 aliphatic rings. The SMILES string of the molecule is NC(=O)CN1CCNC(O)C1. The predicted octanol–water partition coefficient (Wildman–Crippen LogP) is -2.30. The second-order valence-corrected chi connectivity index (χ2v) is 2.67. The quantitative estimate of drug-likeness (QED) is 0.423. The third-order valence-electron chi connectivity index (χ3n) is 1.62. The first kappa shape index (κ1) is 8.45. The van der Waals surface area contributed by atoms with Crippen molar-refractivity contribution >= 4 is 5.91 Å². The van der Waals surface area contributed by atoms with Crippen LogP contribution in [-0.4, -0.2) is 48.3 Å². The van der Waals surface area contributed by atoms with Crippen LogP contribution in [0.15, 0.2) is 0 Å². The Morgan fingerprint density at radius 1 is 1.82 bits per heavy atom. The number of amides is 1. The van der Waals surface area contributed by atoms with Gasteiger partial charge in [-0.2, -0.15) is 0 Å². The fraction of sp³-hybridized carbons (Fsp3) is 0.833. The Balaban J connectivity index is 2.28. The maximum absolute atomic E-state index is 10.5. The molecule has 0 aliphatic carbocycles. The van der Waals surface area contributed by atoms with Gasteiger partial charge in [-0.05, 0) is 0 Å². The summed E-state index contributed by atoms with van der Waals surface area (Å²) in [5, 5.41) is 11.9. The fourth-order valence-electron chi connectivity index (χ4n) is 1.15. The molecular weight excluding hydrogens is 146 g/mol. The van der Waals surface area contributed by atoms with Gasteiger partial charge in [0.25, 0.3) is 0 Å². The molecule has 0 aromatic rings. The lowest BCUT2D eigenvalue weighted by Gasteiger charge is -2.29. The van der Waals surface area contributed by atoms with Crippen LogP contribution in [0.1, 0.15) is 0 Å². The van der Waals surface area contributed by atoms with Crippen molar-refractivity contribution in [1.82, 2.24) is 10.2 Å². The maximum atomic E-state index is 10.5. The third-order valence-corrected chi connectivity index (χ3v) is 1.62. The number of aliphatic hydroxyl groups excluding tert-OH is 1. The highest BCUT2D eigenvalue weighted by molar-refractivity contribution is 5.75. The summed E-state index contributed by atoms with van der Waals surface area (Å²) in [6.45, 7) is 2.18. The Morgan fingerprint density at radius 2 is 2.55 bits per heavy atom. The highest BCUT2D eigenvalue weighted by Crippen LogP contribution is 1.94. The molecule has 1 saturated heterocycles. The van der Waals surface area contributed by atoms with Crippen LogP contribution in [0.25, 0.3) is 0 Å². The summed E-state index contributed by atoms with van der Waals surface area (Å²) in [7, 11) is 0. The number of piperazine rings is 1. The molecule has 1 heterocycles. The molecule has 0 saturated carbocycles. The van der Waals surface area contributed by atoms with Crippen LogP contribution < -0.4 is 11.1 Å². The number of primary amides is 1. The zero-order valence-corrected chi connectivity index (χ0v) is 6.29. The van der Waals surface area contributed by atoms with Gasteiger partial charge in [-0.15, -0.1) is 0 Å². The van der Waals surface area contributed by atoms with Gasteiger partial charge >= 0.3 is 0 Å². The van der Waals surface area contributed by atoms with Gasteiger partial charge in [0.05, 0.1) is 6.54 Å². The third kappa shape index (κ3) is 2.83. The number of nitrogens with two attached hydrogens (primary N) is 1. The van der Waals surface area contributed by atoms with Crippen LogP contribution in [-0.2, 0) is 4.79 Å². The molecule has 1 aliphatic heterocycles. The van der Waals surface area contributed by atoms with E-state index in [-0.39, 0.29) is 12.5 Å². The molecule has 0 aromatic heterocycles. The molecule has 1 amide bonds. The molecule has 0 aromatic carbocycles. The zero-order chi connectivity index (χ0) is 8.27. The monoisotopic (exact) mass is 159 g/mol. The average molecular weight is 159 g/mol. The number of carbonyl (C=O) groups is 1. The molecule has 1 unspecified atom stereocenters. The lowest BCUT2D eigenvalue weighted by Crippen LogP contribution is -2.52. The summed E-state index contributed by atoms with van der Waals surface area (Å²) in [4.78, 5) is 12.3. The van der Waals surface area contributed by atoms with Gasteiger partial charge in [0.2, 0.25) is 5.91 Å². The molecule has 4 N–H and O–H groups in total. The van der Waals surface area contributed by atoms with Crippen LogP contribution in [0.3, 0.4) is 0 Å². The topological polar surface area (TPSA) is 78.6 Å². The van der Waals surface area contributed by atoms with E-state index in [2.05, 4.69) is 5.32 Å². The second kappa shape index (κ2) is 3.66. The lowest BCUT2D eigenvalue weighted by atomic mass is 10.3. The van der Waals surface area contributed by atoms with E-state index in [0.717, 1.165) is 6.54 Å². The summed E-state index contributed by atoms with van der Waals surface area (Å²) < 4.78 is 0. The molecule has 1 atom stereocenters. The molecular formula is C6H13N3O2. The van der Waals surface area contributed by atoms with Crippen LogP contribution in [0.2, 0.25) is 0 Å². The molecule has 0 radical (unpaired) electrons. The van der Waals surface area contributed by atoms with Gasteiger partial charge in [-0.1, -0.05) is 0 Å². The number of nitrogens with zero attached hydrogens (tertiary/aromatic N) is 1. The highest BCUT2D eigenvalue weighted by atomic mass is 16.3. The maximum Gasteiger partial charge on any atom is 0.231 e. The number of β-amino-alcohol motifs (C(OH)–C–C–N with tert-alkyl or cyclic N) is 1. The van der Waals surface area contributed by atoms with Crippen LogP contribution in [0.4, 0.5) is 0 Å². The highest BCUT2D eigenvalue weighted by Gasteiger charge is 2.17. The second-order valence-electron chi connectivity index (χ2n) is 2.67. The molecule has 1 fully saturated rings. The van der Waals surface area contributed by atoms with Crippen molar-refractivity contribution < 1.29 is 9.90 Å². The molecule has 0 spiro atoms. The number of nitrogens with one attached hydrogen (secondary N) is 1. The minimum atomic E-state index is -0.525. The van der Waals surface area contributed by atoms with Gasteiger partial charge in [0.1, 0.15) is 6.23 Å². The largest absolute Gasteiger partial charge is 0.377 e. The van der Waals surface area contributed by atoms with Gasteiger partial charge < -0.3 is 10.8 Å². The smallest absolute Gasteiger partial charge is 0.231 e. The summed E-state index contributed by atoms with van der Waals surface area (Å²) >= 11 is 0. The Bertz CT molecular complexity index is 151. The first-order valence-corrected chi connectivity index (χ1v) is 3.60. The van der Waals surface area contributed by atoms with E-state index in [4.69, 9.17) is 10.8 Å². The summed E-state index contributed by atoms with van der Waals surface area (Å²) in [5.74, 6) is -0.348. The number of aliphatic hydroxyl groups is 1. The van der Waals surface area contributed by atoms with Crippen molar-refractivity contribution in [2.75, 3.05) is 26.2 Å². The first-order chi connectivity index (χ1) is 5.18. The molecule has 5 heteroatoms.